The molecule has 0 unspecified atom stereocenters. The van der Waals surface area contributed by atoms with E-state index in [1.165, 1.54) is 41.6 Å². The van der Waals surface area contributed by atoms with Gasteiger partial charge in [-0.05, 0) is 43.7 Å². The van der Waals surface area contributed by atoms with Crippen LogP contribution in [-0.2, 0) is 5.54 Å². The Morgan fingerprint density at radius 2 is 2.00 bits per heavy atom. The number of hydrogen-bond donors (Lipinski definition) is 1. The van der Waals surface area contributed by atoms with Crippen LogP contribution in [0.2, 0.25) is 0 Å². The number of rotatable bonds is 2. The summed E-state index contributed by atoms with van der Waals surface area (Å²) in [5, 5.41) is 0. The molecule has 1 aliphatic rings. The summed E-state index contributed by atoms with van der Waals surface area (Å²) in [6, 6.07) is 5.60. The van der Waals surface area contributed by atoms with Gasteiger partial charge in [0.25, 0.3) is 5.91 Å². The number of carbonyl (C=O) groups excluding carboxylic acids is 2. The van der Waals surface area contributed by atoms with Gasteiger partial charge in [0.2, 0.25) is 5.91 Å². The lowest BCUT2D eigenvalue weighted by molar-refractivity contribution is 0.0976. The molecule has 0 radical (unpaired) electrons. The fraction of sp³-hybridized carbons (Fsp3) is 0.188. The SMILES string of the molecule is CC1(C)c2cc(F)ccc2C(=O)N1c1cncc(C(N)=O)c1. The van der Waals surface area contributed by atoms with Crippen molar-refractivity contribution >= 4 is 17.5 Å². The predicted octanol–water partition coefficient (Wildman–Crippen LogP) is 2.22. The number of pyridine rings is 1. The third-order valence-electron chi connectivity index (χ3n) is 3.90. The molecule has 112 valence electrons. The molecule has 0 saturated heterocycles. The number of aromatic nitrogens is 1. The molecule has 2 heterocycles. The Labute approximate surface area is 126 Å². The first-order valence-corrected chi connectivity index (χ1v) is 6.72. The van der Waals surface area contributed by atoms with Crippen LogP contribution in [-0.4, -0.2) is 16.8 Å². The molecule has 2 aromatic rings. The second-order valence-electron chi connectivity index (χ2n) is 5.69. The molecule has 22 heavy (non-hydrogen) atoms. The smallest absolute Gasteiger partial charge is 0.259 e. The largest absolute Gasteiger partial charge is 0.366 e. The van der Waals surface area contributed by atoms with Crippen molar-refractivity contribution in [3.8, 4) is 0 Å². The Morgan fingerprint density at radius 3 is 2.68 bits per heavy atom. The van der Waals surface area contributed by atoms with E-state index in [9.17, 15) is 14.0 Å². The maximum Gasteiger partial charge on any atom is 0.259 e. The number of benzene rings is 1. The second kappa shape index (κ2) is 4.62. The molecule has 2 amide bonds. The summed E-state index contributed by atoms with van der Waals surface area (Å²) < 4.78 is 13.5. The molecular weight excluding hydrogens is 285 g/mol. The van der Waals surface area contributed by atoms with E-state index < -0.39 is 17.3 Å². The third kappa shape index (κ3) is 1.95. The van der Waals surface area contributed by atoms with Gasteiger partial charge < -0.3 is 5.73 Å². The number of primary amides is 1. The van der Waals surface area contributed by atoms with Crippen molar-refractivity contribution in [2.75, 3.05) is 4.90 Å². The van der Waals surface area contributed by atoms with Gasteiger partial charge in [-0.3, -0.25) is 19.5 Å². The molecular formula is C16H14FN3O2. The Balaban J connectivity index is 2.15. The highest BCUT2D eigenvalue weighted by Crippen LogP contribution is 2.41. The van der Waals surface area contributed by atoms with Crippen molar-refractivity contribution < 1.29 is 14.0 Å². The highest BCUT2D eigenvalue weighted by Gasteiger charge is 2.44. The average molecular weight is 299 g/mol. The maximum absolute atomic E-state index is 13.5. The van der Waals surface area contributed by atoms with Crippen molar-refractivity contribution in [1.29, 1.82) is 0 Å². The predicted molar refractivity (Wildman–Crippen MR) is 79.0 cm³/mol. The number of anilines is 1. The molecule has 2 N–H and O–H groups in total. The van der Waals surface area contributed by atoms with E-state index in [0.717, 1.165) is 0 Å². The van der Waals surface area contributed by atoms with E-state index >= 15 is 0 Å². The zero-order valence-corrected chi connectivity index (χ0v) is 12.1. The van der Waals surface area contributed by atoms with Crippen LogP contribution in [0.25, 0.3) is 0 Å². The highest BCUT2D eigenvalue weighted by molar-refractivity contribution is 6.12. The second-order valence-corrected chi connectivity index (χ2v) is 5.69. The van der Waals surface area contributed by atoms with E-state index in [-0.39, 0.29) is 11.5 Å². The van der Waals surface area contributed by atoms with Gasteiger partial charge in [-0.1, -0.05) is 0 Å². The van der Waals surface area contributed by atoms with Crippen LogP contribution in [0.1, 0.15) is 40.1 Å². The summed E-state index contributed by atoms with van der Waals surface area (Å²) in [5.41, 5.74) is 6.20. The lowest BCUT2D eigenvalue weighted by atomic mass is 9.93. The summed E-state index contributed by atoms with van der Waals surface area (Å²) in [5.74, 6) is -1.28. The van der Waals surface area contributed by atoms with E-state index in [4.69, 9.17) is 5.73 Å². The van der Waals surface area contributed by atoms with Crippen LogP contribution in [0.3, 0.4) is 0 Å². The van der Waals surface area contributed by atoms with E-state index in [0.29, 0.717) is 16.8 Å². The molecule has 0 saturated carbocycles. The molecule has 1 aromatic heterocycles. The minimum Gasteiger partial charge on any atom is -0.366 e. The maximum atomic E-state index is 13.5. The molecule has 0 atom stereocenters. The van der Waals surface area contributed by atoms with Gasteiger partial charge in [0, 0.05) is 11.8 Å². The molecule has 3 rings (SSSR count). The zero-order valence-electron chi connectivity index (χ0n) is 12.1. The topological polar surface area (TPSA) is 76.3 Å². The van der Waals surface area contributed by atoms with Gasteiger partial charge in [-0.2, -0.15) is 0 Å². The summed E-state index contributed by atoms with van der Waals surface area (Å²) in [7, 11) is 0. The minimum absolute atomic E-state index is 0.211. The lowest BCUT2D eigenvalue weighted by Gasteiger charge is -2.32. The fourth-order valence-electron chi connectivity index (χ4n) is 2.83. The molecule has 1 aliphatic heterocycles. The Bertz CT molecular complexity index is 802. The van der Waals surface area contributed by atoms with Crippen molar-refractivity contribution in [2.24, 2.45) is 5.73 Å². The van der Waals surface area contributed by atoms with Gasteiger partial charge in [-0.25, -0.2) is 4.39 Å². The quantitative estimate of drug-likeness (QED) is 0.923. The number of amides is 2. The molecule has 0 aliphatic carbocycles. The minimum atomic E-state index is -0.757. The summed E-state index contributed by atoms with van der Waals surface area (Å²) in [4.78, 5) is 29.4. The third-order valence-corrected chi connectivity index (χ3v) is 3.90. The summed E-state index contributed by atoms with van der Waals surface area (Å²) in [6.45, 7) is 3.63. The van der Waals surface area contributed by atoms with Gasteiger partial charge >= 0.3 is 0 Å². The monoisotopic (exact) mass is 299 g/mol. The van der Waals surface area contributed by atoms with E-state index in [2.05, 4.69) is 4.98 Å². The molecule has 1 aromatic carbocycles. The van der Waals surface area contributed by atoms with Crippen molar-refractivity contribution in [3.05, 3.63) is 59.2 Å². The van der Waals surface area contributed by atoms with Crippen LogP contribution in [0, 0.1) is 5.82 Å². The Hall–Kier alpha value is -2.76. The van der Waals surface area contributed by atoms with Crippen LogP contribution in [0.4, 0.5) is 10.1 Å². The molecule has 5 nitrogen and oxygen atoms in total. The lowest BCUT2D eigenvalue weighted by Crippen LogP contribution is -2.39. The van der Waals surface area contributed by atoms with Crippen LogP contribution in [0.15, 0.2) is 36.7 Å². The fourth-order valence-corrected chi connectivity index (χ4v) is 2.83. The first-order valence-electron chi connectivity index (χ1n) is 6.72. The van der Waals surface area contributed by atoms with Crippen LogP contribution in [0.5, 0.6) is 0 Å². The van der Waals surface area contributed by atoms with Gasteiger partial charge in [0.15, 0.2) is 0 Å². The standard InChI is InChI=1S/C16H14FN3O2/c1-16(2)13-6-10(17)3-4-12(13)15(22)20(16)11-5-9(14(18)21)7-19-8-11/h3-8H,1-2H3,(H2,18,21). The Kier molecular flexibility index (Phi) is 2.98. The number of nitrogens with two attached hydrogens (primary N) is 1. The van der Waals surface area contributed by atoms with E-state index in [1.54, 1.807) is 0 Å². The molecule has 0 spiro atoms. The number of halogens is 1. The Morgan fingerprint density at radius 1 is 1.27 bits per heavy atom. The highest BCUT2D eigenvalue weighted by atomic mass is 19.1. The summed E-state index contributed by atoms with van der Waals surface area (Å²) >= 11 is 0. The first-order chi connectivity index (χ1) is 10.3. The number of nitrogens with zero attached hydrogens (tertiary/aromatic N) is 2. The van der Waals surface area contributed by atoms with Crippen molar-refractivity contribution in [1.82, 2.24) is 4.98 Å². The first kappa shape index (κ1) is 14.2. The van der Waals surface area contributed by atoms with Crippen molar-refractivity contribution in [3.63, 3.8) is 0 Å². The molecule has 6 heteroatoms. The van der Waals surface area contributed by atoms with Crippen LogP contribution >= 0.6 is 0 Å². The summed E-state index contributed by atoms with van der Waals surface area (Å²) in [6.07, 6.45) is 2.82. The van der Waals surface area contributed by atoms with Gasteiger partial charge in [0.1, 0.15) is 5.82 Å². The number of hydrogen-bond acceptors (Lipinski definition) is 3. The van der Waals surface area contributed by atoms with E-state index in [1.807, 2.05) is 13.8 Å². The normalized spacial score (nSPS) is 15.8. The van der Waals surface area contributed by atoms with Gasteiger partial charge in [-0.15, -0.1) is 0 Å². The van der Waals surface area contributed by atoms with Crippen molar-refractivity contribution in [2.45, 2.75) is 19.4 Å². The van der Waals surface area contributed by atoms with Gasteiger partial charge in [0.05, 0.1) is 23.0 Å². The molecule has 0 bridgehead atoms. The molecule has 0 fully saturated rings. The number of carbonyl (C=O) groups is 2. The van der Waals surface area contributed by atoms with Crippen LogP contribution < -0.4 is 10.6 Å². The zero-order chi connectivity index (χ0) is 16.1. The number of fused-ring (bicyclic) bond motifs is 1. The average Bonchev–Trinajstić information content (AvgIpc) is 2.66.